The Morgan fingerprint density at radius 1 is 1.40 bits per heavy atom. The largest absolute Gasteiger partial charge is 0.481 e. The van der Waals surface area contributed by atoms with E-state index in [9.17, 15) is 0 Å². The summed E-state index contributed by atoms with van der Waals surface area (Å²) in [7, 11) is 1.56. The van der Waals surface area contributed by atoms with Gasteiger partial charge in [0.05, 0.1) is 25.2 Å². The molecule has 2 rings (SSSR count). The first-order chi connectivity index (χ1) is 7.19. The SMILES string of the molecule is COc1cc(-n2cc(N)cn2)nc(C)n1. The second-order valence-electron chi connectivity index (χ2n) is 3.03. The highest BCUT2D eigenvalue weighted by Crippen LogP contribution is 2.12. The van der Waals surface area contributed by atoms with E-state index in [4.69, 9.17) is 10.5 Å². The van der Waals surface area contributed by atoms with E-state index < -0.39 is 0 Å². The molecule has 15 heavy (non-hydrogen) atoms. The molecule has 0 atom stereocenters. The van der Waals surface area contributed by atoms with Crippen LogP contribution < -0.4 is 10.5 Å². The van der Waals surface area contributed by atoms with Gasteiger partial charge in [-0.05, 0) is 6.92 Å². The molecule has 0 saturated heterocycles. The van der Waals surface area contributed by atoms with Gasteiger partial charge in [-0.15, -0.1) is 0 Å². The van der Waals surface area contributed by atoms with E-state index in [1.165, 1.54) is 0 Å². The van der Waals surface area contributed by atoms with Gasteiger partial charge in [0.15, 0.2) is 5.82 Å². The lowest BCUT2D eigenvalue weighted by atomic mass is 10.5. The molecule has 0 amide bonds. The Morgan fingerprint density at radius 2 is 2.20 bits per heavy atom. The highest BCUT2D eigenvalue weighted by molar-refractivity contribution is 5.36. The highest BCUT2D eigenvalue weighted by Gasteiger charge is 2.04. The topological polar surface area (TPSA) is 78.9 Å². The van der Waals surface area contributed by atoms with Gasteiger partial charge in [0.1, 0.15) is 5.82 Å². The Morgan fingerprint density at radius 3 is 2.80 bits per heavy atom. The average molecular weight is 205 g/mol. The molecule has 6 nitrogen and oxygen atoms in total. The standard InChI is InChI=1S/C9H11N5O/c1-6-12-8(3-9(13-6)15-2)14-5-7(10)4-11-14/h3-5H,10H2,1-2H3. The lowest BCUT2D eigenvalue weighted by Crippen LogP contribution is -2.02. The first kappa shape index (κ1) is 9.45. The van der Waals surface area contributed by atoms with Crippen molar-refractivity contribution < 1.29 is 4.74 Å². The summed E-state index contributed by atoms with van der Waals surface area (Å²) in [6, 6.07) is 1.69. The smallest absolute Gasteiger partial charge is 0.218 e. The van der Waals surface area contributed by atoms with Gasteiger partial charge < -0.3 is 10.5 Å². The van der Waals surface area contributed by atoms with Crippen molar-refractivity contribution in [2.45, 2.75) is 6.92 Å². The minimum absolute atomic E-state index is 0.506. The van der Waals surface area contributed by atoms with Crippen LogP contribution in [0.5, 0.6) is 5.88 Å². The van der Waals surface area contributed by atoms with Gasteiger partial charge in [0.2, 0.25) is 5.88 Å². The van der Waals surface area contributed by atoms with Gasteiger partial charge >= 0.3 is 0 Å². The first-order valence-electron chi connectivity index (χ1n) is 4.39. The molecule has 0 spiro atoms. The Balaban J connectivity index is 2.48. The quantitative estimate of drug-likeness (QED) is 0.775. The molecule has 2 N–H and O–H groups in total. The minimum atomic E-state index is 0.506. The van der Waals surface area contributed by atoms with Crippen molar-refractivity contribution in [1.82, 2.24) is 19.7 Å². The van der Waals surface area contributed by atoms with Gasteiger partial charge in [0, 0.05) is 6.07 Å². The zero-order valence-electron chi connectivity index (χ0n) is 8.51. The number of nitrogens with two attached hydrogens (primary N) is 1. The molecular weight excluding hydrogens is 194 g/mol. The lowest BCUT2D eigenvalue weighted by molar-refractivity contribution is 0.395. The summed E-state index contributed by atoms with van der Waals surface area (Å²) < 4.78 is 6.62. The number of hydrogen-bond acceptors (Lipinski definition) is 5. The third kappa shape index (κ3) is 1.88. The van der Waals surface area contributed by atoms with Crippen molar-refractivity contribution in [3.63, 3.8) is 0 Å². The molecule has 0 radical (unpaired) electrons. The molecule has 2 heterocycles. The molecule has 0 aromatic carbocycles. The van der Waals surface area contributed by atoms with Crippen molar-refractivity contribution in [2.24, 2.45) is 0 Å². The summed E-state index contributed by atoms with van der Waals surface area (Å²) in [5.41, 5.74) is 6.15. The van der Waals surface area contributed by atoms with Crippen LogP contribution in [-0.2, 0) is 0 Å². The maximum absolute atomic E-state index is 5.57. The third-order valence-corrected chi connectivity index (χ3v) is 1.85. The van der Waals surface area contributed by atoms with Crippen LogP contribution >= 0.6 is 0 Å². The molecule has 6 heteroatoms. The number of aryl methyl sites for hydroxylation is 1. The molecule has 0 aliphatic rings. The Bertz CT molecular complexity index is 479. The van der Waals surface area contributed by atoms with E-state index >= 15 is 0 Å². The second-order valence-corrected chi connectivity index (χ2v) is 3.03. The van der Waals surface area contributed by atoms with E-state index in [0.717, 1.165) is 0 Å². The van der Waals surface area contributed by atoms with Crippen molar-refractivity contribution in [2.75, 3.05) is 12.8 Å². The summed E-state index contributed by atoms with van der Waals surface area (Å²) in [5, 5.41) is 4.05. The molecule has 2 aromatic rings. The molecule has 0 fully saturated rings. The van der Waals surface area contributed by atoms with Gasteiger partial charge in [-0.3, -0.25) is 0 Å². The minimum Gasteiger partial charge on any atom is -0.481 e. The van der Waals surface area contributed by atoms with Crippen LogP contribution in [-0.4, -0.2) is 26.9 Å². The van der Waals surface area contributed by atoms with Crippen LogP contribution in [0.25, 0.3) is 5.82 Å². The molecule has 78 valence electrons. The zero-order chi connectivity index (χ0) is 10.8. The van der Waals surface area contributed by atoms with Crippen molar-refractivity contribution in [3.05, 3.63) is 24.3 Å². The molecule has 0 aliphatic carbocycles. The lowest BCUT2D eigenvalue weighted by Gasteiger charge is -2.04. The maximum atomic E-state index is 5.57. The van der Waals surface area contributed by atoms with Gasteiger partial charge in [0.25, 0.3) is 0 Å². The molecule has 0 unspecified atom stereocenters. The molecule has 2 aromatic heterocycles. The van der Waals surface area contributed by atoms with Crippen LogP contribution in [0.2, 0.25) is 0 Å². The first-order valence-corrected chi connectivity index (χ1v) is 4.39. The van der Waals surface area contributed by atoms with Gasteiger partial charge in [-0.2, -0.15) is 10.1 Å². The fourth-order valence-corrected chi connectivity index (χ4v) is 1.21. The number of anilines is 1. The molecule has 0 saturated carbocycles. The van der Waals surface area contributed by atoms with Crippen LogP contribution in [0.4, 0.5) is 5.69 Å². The summed E-state index contributed by atoms with van der Waals surface area (Å²) in [5.74, 6) is 1.76. The normalized spacial score (nSPS) is 10.3. The fraction of sp³-hybridized carbons (Fsp3) is 0.222. The number of nitrogen functional groups attached to an aromatic ring is 1. The number of rotatable bonds is 2. The second kappa shape index (κ2) is 3.56. The van der Waals surface area contributed by atoms with Crippen molar-refractivity contribution in [3.8, 4) is 11.7 Å². The van der Waals surface area contributed by atoms with E-state index in [1.54, 1.807) is 37.2 Å². The number of hydrogen-bond donors (Lipinski definition) is 1. The monoisotopic (exact) mass is 205 g/mol. The van der Waals surface area contributed by atoms with Crippen LogP contribution in [0, 0.1) is 6.92 Å². The van der Waals surface area contributed by atoms with Crippen molar-refractivity contribution in [1.29, 1.82) is 0 Å². The van der Waals surface area contributed by atoms with E-state index in [-0.39, 0.29) is 0 Å². The predicted molar refractivity (Wildman–Crippen MR) is 54.9 cm³/mol. The van der Waals surface area contributed by atoms with Crippen LogP contribution in [0.3, 0.4) is 0 Å². The van der Waals surface area contributed by atoms with E-state index in [1.807, 2.05) is 0 Å². The van der Waals surface area contributed by atoms with Crippen LogP contribution in [0.1, 0.15) is 5.82 Å². The van der Waals surface area contributed by atoms with Gasteiger partial charge in [-0.25, -0.2) is 9.67 Å². The molecule has 0 bridgehead atoms. The summed E-state index contributed by atoms with van der Waals surface area (Å²) in [6.45, 7) is 1.79. The number of methoxy groups -OCH3 is 1. The fourth-order valence-electron chi connectivity index (χ4n) is 1.21. The average Bonchev–Trinajstić information content (AvgIpc) is 2.64. The maximum Gasteiger partial charge on any atom is 0.218 e. The molecule has 0 aliphatic heterocycles. The van der Waals surface area contributed by atoms with Crippen molar-refractivity contribution >= 4 is 5.69 Å². The summed E-state index contributed by atoms with van der Waals surface area (Å²) in [6.07, 6.45) is 3.24. The third-order valence-electron chi connectivity index (χ3n) is 1.85. The molecular formula is C9H11N5O. The van der Waals surface area contributed by atoms with Crippen LogP contribution in [0.15, 0.2) is 18.5 Å². The predicted octanol–water partition coefficient (Wildman–Crippen LogP) is 0.562. The number of nitrogens with zero attached hydrogens (tertiary/aromatic N) is 4. The number of ether oxygens (including phenoxy) is 1. The summed E-state index contributed by atoms with van der Waals surface area (Å²) in [4.78, 5) is 8.30. The zero-order valence-corrected chi connectivity index (χ0v) is 8.51. The Hall–Kier alpha value is -2.11. The Labute approximate surface area is 86.7 Å². The highest BCUT2D eigenvalue weighted by atomic mass is 16.5. The summed E-state index contributed by atoms with van der Waals surface area (Å²) >= 11 is 0. The van der Waals surface area contributed by atoms with E-state index in [2.05, 4.69) is 15.1 Å². The Kier molecular flexibility index (Phi) is 2.24. The van der Waals surface area contributed by atoms with E-state index in [0.29, 0.717) is 23.2 Å². The van der Waals surface area contributed by atoms with Gasteiger partial charge in [-0.1, -0.05) is 0 Å². The number of aromatic nitrogens is 4.